The van der Waals surface area contributed by atoms with Gasteiger partial charge >= 0.3 is 0 Å². The molecule has 0 spiro atoms. The highest BCUT2D eigenvalue weighted by molar-refractivity contribution is 4.53. The molecule has 0 aliphatic heterocycles. The van der Waals surface area contributed by atoms with E-state index in [1.165, 1.54) is 96.3 Å². The summed E-state index contributed by atoms with van der Waals surface area (Å²) in [5, 5.41) is 0. The van der Waals surface area contributed by atoms with Gasteiger partial charge in [0.1, 0.15) is 0 Å². The molecule has 0 amide bonds. The van der Waals surface area contributed by atoms with Gasteiger partial charge in [-0.15, -0.1) is 0 Å². The molecule has 0 radical (unpaired) electrons. The van der Waals surface area contributed by atoms with Crippen LogP contribution in [0.4, 0.5) is 0 Å². The second-order valence-corrected chi connectivity index (χ2v) is 8.38. The first-order valence-corrected chi connectivity index (χ1v) is 11.9. The molecule has 0 aromatic rings. The second kappa shape index (κ2) is 21.2. The first kappa shape index (κ1) is 25.9. The summed E-state index contributed by atoms with van der Waals surface area (Å²) >= 11 is 0. The van der Waals surface area contributed by atoms with Gasteiger partial charge < -0.3 is 9.47 Å². The Morgan fingerprint density at radius 3 is 1.38 bits per heavy atom. The maximum Gasteiger partial charge on any atom is 0.157 e. The molecular weight excluding hydrogens is 320 g/mol. The van der Waals surface area contributed by atoms with Crippen LogP contribution in [0.3, 0.4) is 0 Å². The lowest BCUT2D eigenvalue weighted by Gasteiger charge is -2.19. The van der Waals surface area contributed by atoms with E-state index in [4.69, 9.17) is 9.47 Å². The summed E-state index contributed by atoms with van der Waals surface area (Å²) in [4.78, 5) is 0. The van der Waals surface area contributed by atoms with E-state index in [1.807, 2.05) is 0 Å². The highest BCUT2D eigenvalue weighted by atomic mass is 16.7. The minimum absolute atomic E-state index is 0.0356. The monoisotopic (exact) mass is 370 g/mol. The zero-order valence-electron chi connectivity index (χ0n) is 18.7. The van der Waals surface area contributed by atoms with Crippen molar-refractivity contribution < 1.29 is 9.47 Å². The molecule has 0 atom stereocenters. The number of ether oxygens (including phenoxy) is 2. The molecule has 0 saturated carbocycles. The lowest BCUT2D eigenvalue weighted by Crippen LogP contribution is -2.19. The Balaban J connectivity index is 3.79. The van der Waals surface area contributed by atoms with Crippen molar-refractivity contribution in [2.24, 2.45) is 5.92 Å². The fourth-order valence-corrected chi connectivity index (χ4v) is 3.27. The van der Waals surface area contributed by atoms with Crippen molar-refractivity contribution in [3.63, 3.8) is 0 Å². The second-order valence-electron chi connectivity index (χ2n) is 8.38. The summed E-state index contributed by atoms with van der Waals surface area (Å²) in [5.74, 6) is 0.807. The van der Waals surface area contributed by atoms with Crippen LogP contribution in [0.25, 0.3) is 0 Å². The molecule has 0 aromatic heterocycles. The minimum atomic E-state index is 0.0356. The van der Waals surface area contributed by atoms with E-state index in [2.05, 4.69) is 27.7 Å². The summed E-state index contributed by atoms with van der Waals surface area (Å²) < 4.78 is 12.2. The van der Waals surface area contributed by atoms with Crippen molar-refractivity contribution in [2.45, 2.75) is 137 Å². The smallest absolute Gasteiger partial charge is 0.157 e. The topological polar surface area (TPSA) is 18.5 Å². The van der Waals surface area contributed by atoms with Crippen molar-refractivity contribution in [1.29, 1.82) is 0 Å². The highest BCUT2D eigenvalue weighted by Gasteiger charge is 2.09. The molecule has 2 heteroatoms. The van der Waals surface area contributed by atoms with Crippen LogP contribution in [0.5, 0.6) is 0 Å². The largest absolute Gasteiger partial charge is 0.353 e. The van der Waals surface area contributed by atoms with E-state index in [9.17, 15) is 0 Å². The van der Waals surface area contributed by atoms with Crippen molar-refractivity contribution in [2.75, 3.05) is 13.2 Å². The third-order valence-electron chi connectivity index (χ3n) is 5.07. The van der Waals surface area contributed by atoms with E-state index < -0.39 is 0 Å². The van der Waals surface area contributed by atoms with Gasteiger partial charge in [-0.1, -0.05) is 105 Å². The Labute approximate surface area is 165 Å². The van der Waals surface area contributed by atoms with Gasteiger partial charge in [-0.05, 0) is 31.6 Å². The van der Waals surface area contributed by atoms with Gasteiger partial charge in [0.15, 0.2) is 6.29 Å². The zero-order chi connectivity index (χ0) is 19.3. The molecule has 0 rings (SSSR count). The quantitative estimate of drug-likeness (QED) is 0.149. The fourth-order valence-electron chi connectivity index (χ4n) is 3.27. The first-order valence-electron chi connectivity index (χ1n) is 11.9. The molecule has 0 aliphatic carbocycles. The standard InChI is InChI=1S/C24H50O2/c1-5-7-9-11-13-17-21-25-24(20-16-15-19-23(3)4)26-22-18-14-12-10-8-6-2/h23-24H,5-22H2,1-4H3. The van der Waals surface area contributed by atoms with Crippen molar-refractivity contribution in [1.82, 2.24) is 0 Å². The van der Waals surface area contributed by atoms with Gasteiger partial charge in [0.05, 0.1) is 0 Å². The molecule has 158 valence electrons. The summed E-state index contributed by atoms with van der Waals surface area (Å²) in [5.41, 5.74) is 0. The van der Waals surface area contributed by atoms with Gasteiger partial charge in [0, 0.05) is 13.2 Å². The average Bonchev–Trinajstić information content (AvgIpc) is 2.62. The SMILES string of the molecule is CCCCCCCCOC(CCCCC(C)C)OCCCCCCCC. The van der Waals surface area contributed by atoms with Gasteiger partial charge in [0.2, 0.25) is 0 Å². The number of rotatable bonds is 21. The Bertz CT molecular complexity index is 235. The van der Waals surface area contributed by atoms with Crippen LogP contribution in [-0.2, 0) is 9.47 Å². The first-order chi connectivity index (χ1) is 12.7. The molecule has 0 fully saturated rings. The number of hydrogen-bond donors (Lipinski definition) is 0. The Kier molecular flexibility index (Phi) is 21.2. The van der Waals surface area contributed by atoms with Crippen LogP contribution in [0.2, 0.25) is 0 Å². The highest BCUT2D eigenvalue weighted by Crippen LogP contribution is 2.14. The van der Waals surface area contributed by atoms with Gasteiger partial charge in [0.25, 0.3) is 0 Å². The molecule has 0 aromatic carbocycles. The van der Waals surface area contributed by atoms with Gasteiger partial charge in [-0.3, -0.25) is 0 Å². The van der Waals surface area contributed by atoms with E-state index >= 15 is 0 Å². The predicted molar refractivity (Wildman–Crippen MR) is 116 cm³/mol. The Morgan fingerprint density at radius 2 is 0.923 bits per heavy atom. The molecule has 0 unspecified atom stereocenters. The zero-order valence-corrected chi connectivity index (χ0v) is 18.7. The van der Waals surface area contributed by atoms with E-state index in [-0.39, 0.29) is 6.29 Å². The summed E-state index contributed by atoms with van der Waals surface area (Å²) in [6.07, 6.45) is 20.8. The van der Waals surface area contributed by atoms with E-state index in [1.54, 1.807) is 0 Å². The lowest BCUT2D eigenvalue weighted by atomic mass is 10.1. The summed E-state index contributed by atoms with van der Waals surface area (Å²) in [7, 11) is 0. The van der Waals surface area contributed by atoms with Gasteiger partial charge in [-0.2, -0.15) is 0 Å². The van der Waals surface area contributed by atoms with Crippen molar-refractivity contribution in [3.05, 3.63) is 0 Å². The summed E-state index contributed by atoms with van der Waals surface area (Å²) in [6, 6.07) is 0. The van der Waals surface area contributed by atoms with E-state index in [0.717, 1.165) is 25.6 Å². The molecular formula is C24H50O2. The van der Waals surface area contributed by atoms with Crippen LogP contribution in [0.15, 0.2) is 0 Å². The molecule has 0 saturated heterocycles. The van der Waals surface area contributed by atoms with Crippen LogP contribution in [-0.4, -0.2) is 19.5 Å². The number of unbranched alkanes of at least 4 members (excludes halogenated alkanes) is 11. The van der Waals surface area contributed by atoms with Crippen molar-refractivity contribution >= 4 is 0 Å². The third-order valence-corrected chi connectivity index (χ3v) is 5.07. The summed E-state index contributed by atoms with van der Waals surface area (Å²) in [6.45, 7) is 10.9. The fraction of sp³-hybridized carbons (Fsp3) is 1.00. The third kappa shape index (κ3) is 20.2. The molecule has 0 N–H and O–H groups in total. The van der Waals surface area contributed by atoms with Crippen LogP contribution in [0, 0.1) is 5.92 Å². The van der Waals surface area contributed by atoms with Crippen molar-refractivity contribution in [3.8, 4) is 0 Å². The Morgan fingerprint density at radius 1 is 0.500 bits per heavy atom. The Hall–Kier alpha value is -0.0800. The molecule has 0 bridgehead atoms. The molecule has 2 nitrogen and oxygen atoms in total. The number of hydrogen-bond acceptors (Lipinski definition) is 2. The lowest BCUT2D eigenvalue weighted by molar-refractivity contribution is -0.148. The van der Waals surface area contributed by atoms with E-state index in [0.29, 0.717) is 0 Å². The molecule has 0 aliphatic rings. The van der Waals surface area contributed by atoms with Crippen LogP contribution >= 0.6 is 0 Å². The van der Waals surface area contributed by atoms with Crippen LogP contribution < -0.4 is 0 Å². The normalized spacial score (nSPS) is 11.8. The van der Waals surface area contributed by atoms with Gasteiger partial charge in [-0.25, -0.2) is 0 Å². The maximum absolute atomic E-state index is 6.08. The minimum Gasteiger partial charge on any atom is -0.353 e. The van der Waals surface area contributed by atoms with Crippen LogP contribution in [0.1, 0.15) is 130 Å². The average molecular weight is 371 g/mol. The molecule has 26 heavy (non-hydrogen) atoms. The maximum atomic E-state index is 6.08. The predicted octanol–water partition coefficient (Wildman–Crippen LogP) is 8.28. The molecule has 0 heterocycles.